The van der Waals surface area contributed by atoms with Crippen molar-refractivity contribution in [3.05, 3.63) is 28.3 Å². The molecule has 0 radical (unpaired) electrons. The zero-order valence-electron chi connectivity index (χ0n) is 12.5. The van der Waals surface area contributed by atoms with Crippen LogP contribution in [0.2, 0.25) is 5.02 Å². The predicted octanol–water partition coefficient (Wildman–Crippen LogP) is 1.69. The van der Waals surface area contributed by atoms with Crippen LogP contribution in [0, 0.1) is 18.3 Å². The van der Waals surface area contributed by atoms with E-state index in [4.69, 9.17) is 16.9 Å². The second-order valence-corrected chi connectivity index (χ2v) is 7.00. The lowest BCUT2D eigenvalue weighted by molar-refractivity contribution is -0.138. The Morgan fingerprint density at radius 2 is 2.09 bits per heavy atom. The highest BCUT2D eigenvalue weighted by molar-refractivity contribution is 6.32. The normalized spacial score (nSPS) is 37.2. The number of fused-ring (bicyclic) bond motifs is 2. The van der Waals surface area contributed by atoms with Crippen LogP contribution in [0.5, 0.6) is 0 Å². The Morgan fingerprint density at radius 3 is 2.73 bits per heavy atom. The number of hydrogen-bond donors (Lipinski definition) is 3. The zero-order valence-corrected chi connectivity index (χ0v) is 13.3. The van der Waals surface area contributed by atoms with Gasteiger partial charge < -0.3 is 20.2 Å². The first kappa shape index (κ1) is 15.6. The van der Waals surface area contributed by atoms with Gasteiger partial charge >= 0.3 is 0 Å². The van der Waals surface area contributed by atoms with Gasteiger partial charge in [0.1, 0.15) is 17.9 Å². The lowest BCUT2D eigenvalue weighted by atomic mass is 9.82. The van der Waals surface area contributed by atoms with Gasteiger partial charge in [0.25, 0.3) is 0 Å². The molecule has 2 aliphatic heterocycles. The number of nitrogens with zero attached hydrogens (tertiary/aromatic N) is 2. The monoisotopic (exact) mass is 322 g/mol. The molecule has 2 bridgehead atoms. The third-order valence-corrected chi connectivity index (χ3v) is 5.49. The average Bonchev–Trinajstić information content (AvgIpc) is 2.72. The second kappa shape index (κ2) is 4.84. The lowest BCUT2D eigenvalue weighted by Crippen LogP contribution is -2.65. The molecule has 5 nitrogen and oxygen atoms in total. The smallest absolute Gasteiger partial charge is 0.141 e. The van der Waals surface area contributed by atoms with Gasteiger partial charge in [-0.3, -0.25) is 0 Å². The molecule has 2 heterocycles. The molecule has 2 aliphatic rings. The molecule has 1 aromatic rings. The van der Waals surface area contributed by atoms with Gasteiger partial charge in [-0.15, -0.1) is 0 Å². The van der Waals surface area contributed by atoms with E-state index in [9.17, 15) is 15.3 Å². The van der Waals surface area contributed by atoms with Crippen molar-refractivity contribution in [3.63, 3.8) is 0 Å². The fraction of sp³-hybridized carbons (Fsp3) is 0.562. The first-order valence-corrected chi connectivity index (χ1v) is 7.70. The Morgan fingerprint density at radius 1 is 1.41 bits per heavy atom. The molecule has 1 unspecified atom stereocenters. The molecule has 1 aromatic carbocycles. The average molecular weight is 323 g/mol. The second-order valence-electron chi connectivity index (χ2n) is 6.62. The van der Waals surface area contributed by atoms with Crippen LogP contribution in [0.25, 0.3) is 0 Å². The highest BCUT2D eigenvalue weighted by atomic mass is 35.5. The molecule has 118 valence electrons. The molecular formula is C16H19ClN2O3. The van der Waals surface area contributed by atoms with E-state index in [2.05, 4.69) is 0 Å². The number of nitriles is 1. The predicted molar refractivity (Wildman–Crippen MR) is 82.6 cm³/mol. The number of rotatable bonds is 1. The molecule has 3 rings (SSSR count). The third kappa shape index (κ3) is 2.03. The maximum absolute atomic E-state index is 11.0. The summed E-state index contributed by atoms with van der Waals surface area (Å²) in [7, 11) is 0. The minimum atomic E-state index is -1.32. The van der Waals surface area contributed by atoms with Gasteiger partial charge in [-0.1, -0.05) is 11.6 Å². The summed E-state index contributed by atoms with van der Waals surface area (Å²) >= 11 is 6.23. The van der Waals surface area contributed by atoms with Gasteiger partial charge in [0.2, 0.25) is 0 Å². The van der Waals surface area contributed by atoms with E-state index in [0.29, 0.717) is 34.7 Å². The van der Waals surface area contributed by atoms with Crippen LogP contribution in [0.15, 0.2) is 12.1 Å². The van der Waals surface area contributed by atoms with Crippen molar-refractivity contribution >= 4 is 17.3 Å². The van der Waals surface area contributed by atoms with Crippen molar-refractivity contribution in [3.8, 4) is 6.07 Å². The van der Waals surface area contributed by atoms with Crippen LogP contribution in [-0.2, 0) is 0 Å². The minimum Gasteiger partial charge on any atom is -0.388 e. The molecule has 3 N–H and O–H groups in total. The van der Waals surface area contributed by atoms with Crippen LogP contribution in [0.4, 0.5) is 5.69 Å². The van der Waals surface area contributed by atoms with Crippen LogP contribution < -0.4 is 4.90 Å². The van der Waals surface area contributed by atoms with Gasteiger partial charge in [-0.25, -0.2) is 0 Å². The van der Waals surface area contributed by atoms with Crippen molar-refractivity contribution in [1.82, 2.24) is 0 Å². The minimum absolute atomic E-state index is 0.0642. The topological polar surface area (TPSA) is 87.7 Å². The molecule has 6 heteroatoms. The number of halogens is 1. The van der Waals surface area contributed by atoms with Crippen molar-refractivity contribution in [2.75, 3.05) is 4.90 Å². The molecule has 4 atom stereocenters. The van der Waals surface area contributed by atoms with E-state index in [0.717, 1.165) is 0 Å². The van der Waals surface area contributed by atoms with E-state index in [-0.39, 0.29) is 12.5 Å². The van der Waals surface area contributed by atoms with Crippen molar-refractivity contribution in [2.24, 2.45) is 0 Å². The zero-order chi connectivity index (χ0) is 16.3. The summed E-state index contributed by atoms with van der Waals surface area (Å²) in [6.45, 7) is 3.34. The number of aliphatic hydroxyl groups is 3. The summed E-state index contributed by atoms with van der Waals surface area (Å²) in [6, 6.07) is 5.02. The van der Waals surface area contributed by atoms with Crippen molar-refractivity contribution in [1.29, 1.82) is 5.26 Å². The van der Waals surface area contributed by atoms with Crippen LogP contribution in [-0.4, -0.2) is 38.8 Å². The fourth-order valence-electron chi connectivity index (χ4n) is 3.93. The van der Waals surface area contributed by atoms with Crippen LogP contribution in [0.3, 0.4) is 0 Å². The maximum atomic E-state index is 11.0. The van der Waals surface area contributed by atoms with Crippen molar-refractivity contribution < 1.29 is 15.3 Å². The third-order valence-electron chi connectivity index (χ3n) is 5.00. The standard InChI is InChI=1S/C16H19ClN2O3/c1-9-11(4-3-10(7-18)13(9)17)19-12-5-6-16(19,22)8-15(2,21)14(12)20/h3-4,12,14,20-22H,5-6,8H2,1-2H3/t12-,14?,15-,16-/m0/s1. The van der Waals surface area contributed by atoms with E-state index in [1.807, 2.05) is 6.07 Å². The Balaban J connectivity index is 2.11. The Bertz CT molecular complexity index is 670. The van der Waals surface area contributed by atoms with Crippen molar-refractivity contribution in [2.45, 2.75) is 56.6 Å². The molecule has 0 saturated carbocycles. The number of benzene rings is 1. The van der Waals surface area contributed by atoms with Crippen LogP contribution in [0.1, 0.15) is 37.3 Å². The number of hydrogen-bond acceptors (Lipinski definition) is 5. The fourth-order valence-corrected chi connectivity index (χ4v) is 4.13. The largest absolute Gasteiger partial charge is 0.388 e. The molecular weight excluding hydrogens is 304 g/mol. The summed E-state index contributed by atoms with van der Waals surface area (Å²) in [6.07, 6.45) is 0.172. The van der Waals surface area contributed by atoms with Gasteiger partial charge in [-0.2, -0.15) is 5.26 Å². The quantitative estimate of drug-likeness (QED) is 0.732. The van der Waals surface area contributed by atoms with Gasteiger partial charge in [0, 0.05) is 12.1 Å². The first-order chi connectivity index (χ1) is 10.2. The molecule has 0 aromatic heterocycles. The summed E-state index contributed by atoms with van der Waals surface area (Å²) in [5.41, 5.74) is -0.762. The highest BCUT2D eigenvalue weighted by Crippen LogP contribution is 2.50. The summed E-state index contributed by atoms with van der Waals surface area (Å²) in [5.74, 6) is 0. The summed E-state index contributed by atoms with van der Waals surface area (Å²) in [5, 5.41) is 41.2. The Kier molecular flexibility index (Phi) is 3.42. The lowest BCUT2D eigenvalue weighted by Gasteiger charge is -2.51. The van der Waals surface area contributed by atoms with Gasteiger partial charge in [0.05, 0.1) is 22.2 Å². The SMILES string of the molecule is Cc1c(N2[C@H]3CC[C@]2(O)C[C@](C)(O)C3O)ccc(C#N)c1Cl. The molecule has 0 amide bonds. The van der Waals surface area contributed by atoms with Crippen LogP contribution >= 0.6 is 11.6 Å². The summed E-state index contributed by atoms with van der Waals surface area (Å²) in [4.78, 5) is 1.76. The van der Waals surface area contributed by atoms with E-state index in [1.165, 1.54) is 0 Å². The number of aliphatic hydroxyl groups excluding tert-OH is 1. The Labute approximate surface area is 134 Å². The van der Waals surface area contributed by atoms with E-state index in [1.54, 1.807) is 30.9 Å². The Hall–Kier alpha value is -1.32. The number of anilines is 1. The summed E-state index contributed by atoms with van der Waals surface area (Å²) < 4.78 is 0. The number of piperidine rings is 1. The van der Waals surface area contributed by atoms with Gasteiger partial charge in [-0.05, 0) is 44.4 Å². The first-order valence-electron chi connectivity index (χ1n) is 7.33. The molecule has 2 saturated heterocycles. The van der Waals surface area contributed by atoms with E-state index >= 15 is 0 Å². The van der Waals surface area contributed by atoms with Gasteiger partial charge in [0.15, 0.2) is 0 Å². The molecule has 0 aliphatic carbocycles. The molecule has 0 spiro atoms. The maximum Gasteiger partial charge on any atom is 0.141 e. The molecule has 2 fully saturated rings. The highest BCUT2D eigenvalue weighted by Gasteiger charge is 2.59. The van der Waals surface area contributed by atoms with E-state index < -0.39 is 17.4 Å². The molecule has 22 heavy (non-hydrogen) atoms.